The molecule has 1 aromatic carbocycles. The van der Waals surface area contributed by atoms with E-state index in [9.17, 15) is 24.5 Å². The third-order valence-corrected chi connectivity index (χ3v) is 1.98. The average Bonchev–Trinajstić information content (AvgIpc) is 2.28. The zero-order chi connectivity index (χ0) is 15.4. The molecule has 1 N–H and O–H groups in total. The minimum absolute atomic E-state index is 0.515. The molecule has 0 fully saturated rings. The summed E-state index contributed by atoms with van der Waals surface area (Å²) in [5.41, 5.74) is -1.28. The molecule has 0 unspecified atom stereocenters. The maximum Gasteiger partial charge on any atom is 0.339 e. The molecule has 0 spiro atoms. The lowest BCUT2D eigenvalue weighted by molar-refractivity contribution is -0.385. The van der Waals surface area contributed by atoms with E-state index in [0.29, 0.717) is 6.07 Å². The van der Waals surface area contributed by atoms with Gasteiger partial charge in [-0.15, -0.1) is 0 Å². The van der Waals surface area contributed by atoms with Crippen LogP contribution in [0.15, 0.2) is 12.1 Å². The Hall–Kier alpha value is -2.97. The molecule has 1 aromatic rings. The van der Waals surface area contributed by atoms with Gasteiger partial charge in [0.25, 0.3) is 5.69 Å². The molecule has 0 radical (unpaired) electrons. The van der Waals surface area contributed by atoms with Gasteiger partial charge in [0.2, 0.25) is 0 Å². The van der Waals surface area contributed by atoms with E-state index in [1.165, 1.54) is 0 Å². The van der Waals surface area contributed by atoms with Gasteiger partial charge in [0.05, 0.1) is 11.0 Å². The van der Waals surface area contributed by atoms with E-state index in [-0.39, 0.29) is 0 Å². The summed E-state index contributed by atoms with van der Waals surface area (Å²) in [6, 6.07) is 1.50. The molecule has 0 atom stereocenters. The van der Waals surface area contributed by atoms with Crippen LogP contribution in [-0.2, 0) is 9.59 Å². The second-order valence-electron chi connectivity index (χ2n) is 3.57. The van der Waals surface area contributed by atoms with Crippen molar-refractivity contribution in [3.05, 3.63) is 27.8 Å². The number of carbonyl (C=O) groups excluding carboxylic acids is 2. The van der Waals surface area contributed by atoms with E-state index in [2.05, 4.69) is 9.47 Å². The van der Waals surface area contributed by atoms with Gasteiger partial charge in [0.15, 0.2) is 11.5 Å². The molecule has 0 saturated heterocycles. The minimum atomic E-state index is -1.57. The molecular weight excluding hydrogens is 274 g/mol. The Labute approximate surface area is 111 Å². The van der Waals surface area contributed by atoms with Gasteiger partial charge in [-0.3, -0.25) is 19.7 Å². The number of benzene rings is 1. The second-order valence-corrected chi connectivity index (χ2v) is 3.57. The smallest absolute Gasteiger partial charge is 0.339 e. The molecule has 106 valence electrons. The highest BCUT2D eigenvalue weighted by molar-refractivity contribution is 5.94. The van der Waals surface area contributed by atoms with E-state index >= 15 is 0 Å². The number of esters is 2. The summed E-state index contributed by atoms with van der Waals surface area (Å²) in [5.74, 6) is -4.37. The Morgan fingerprint density at radius 1 is 1.15 bits per heavy atom. The summed E-state index contributed by atoms with van der Waals surface area (Å²) in [6.45, 7) is 2.02. The lowest BCUT2D eigenvalue weighted by Crippen LogP contribution is -2.12. The first-order valence-electron chi connectivity index (χ1n) is 5.15. The van der Waals surface area contributed by atoms with Crippen molar-refractivity contribution in [2.24, 2.45) is 0 Å². The molecule has 0 aliphatic carbocycles. The quantitative estimate of drug-likeness (QED) is 0.376. The maximum absolute atomic E-state index is 11.1. The predicted octanol–water partition coefficient (Wildman–Crippen LogP) is 1.14. The number of carboxylic acids is 1. The Morgan fingerprint density at radius 2 is 1.70 bits per heavy atom. The van der Waals surface area contributed by atoms with Gasteiger partial charge in [0.1, 0.15) is 5.56 Å². The number of non-ortho nitro benzene ring substituents is 1. The van der Waals surface area contributed by atoms with Crippen LogP contribution in [-0.4, -0.2) is 27.9 Å². The standard InChI is InChI=1S/C11H9NO8/c1-5(13)19-9-4-7(12(17)18)3-8(11(15)16)10(9)20-6(2)14/h3-4H,1-2H3,(H,15,16). The Kier molecular flexibility index (Phi) is 4.36. The zero-order valence-electron chi connectivity index (χ0n) is 10.4. The van der Waals surface area contributed by atoms with Crippen molar-refractivity contribution in [3.63, 3.8) is 0 Å². The van der Waals surface area contributed by atoms with Gasteiger partial charge >= 0.3 is 17.9 Å². The lowest BCUT2D eigenvalue weighted by Gasteiger charge is -2.11. The number of carbonyl (C=O) groups is 3. The van der Waals surface area contributed by atoms with Crippen LogP contribution in [0.5, 0.6) is 11.5 Å². The van der Waals surface area contributed by atoms with E-state index in [1.54, 1.807) is 0 Å². The van der Waals surface area contributed by atoms with Crippen molar-refractivity contribution in [3.8, 4) is 11.5 Å². The highest BCUT2D eigenvalue weighted by atomic mass is 16.6. The maximum atomic E-state index is 11.1. The van der Waals surface area contributed by atoms with Crippen LogP contribution in [0.2, 0.25) is 0 Å². The lowest BCUT2D eigenvalue weighted by atomic mass is 10.1. The fraction of sp³-hybridized carbons (Fsp3) is 0.182. The van der Waals surface area contributed by atoms with Gasteiger partial charge in [-0.05, 0) is 0 Å². The Balaban J connectivity index is 3.56. The number of nitro benzene ring substituents is 1. The summed E-state index contributed by atoms with van der Waals surface area (Å²) < 4.78 is 9.30. The summed E-state index contributed by atoms with van der Waals surface area (Å²) in [5, 5.41) is 19.7. The molecule has 0 aliphatic heterocycles. The zero-order valence-corrected chi connectivity index (χ0v) is 10.4. The largest absolute Gasteiger partial charge is 0.478 e. The number of aromatic carboxylic acids is 1. The van der Waals surface area contributed by atoms with Crippen molar-refractivity contribution >= 4 is 23.6 Å². The summed E-state index contributed by atoms with van der Waals surface area (Å²) in [6.07, 6.45) is 0. The van der Waals surface area contributed by atoms with Gasteiger partial charge < -0.3 is 14.6 Å². The first kappa shape index (κ1) is 15.1. The normalized spacial score (nSPS) is 9.70. The van der Waals surface area contributed by atoms with Gasteiger partial charge in [-0.25, -0.2) is 4.79 Å². The van der Waals surface area contributed by atoms with Crippen molar-refractivity contribution < 1.29 is 33.9 Å². The van der Waals surface area contributed by atoms with Gasteiger partial charge in [-0.2, -0.15) is 0 Å². The van der Waals surface area contributed by atoms with Crippen LogP contribution in [0.25, 0.3) is 0 Å². The van der Waals surface area contributed by atoms with Crippen molar-refractivity contribution in [1.29, 1.82) is 0 Å². The molecule has 9 nitrogen and oxygen atoms in total. The molecule has 0 aliphatic rings. The van der Waals surface area contributed by atoms with Crippen LogP contribution in [0.4, 0.5) is 5.69 Å². The van der Waals surface area contributed by atoms with Crippen molar-refractivity contribution in [2.45, 2.75) is 13.8 Å². The Bertz CT molecular complexity index is 607. The number of ether oxygens (including phenoxy) is 2. The van der Waals surface area contributed by atoms with Crippen LogP contribution in [0.1, 0.15) is 24.2 Å². The van der Waals surface area contributed by atoms with Crippen LogP contribution in [0, 0.1) is 10.1 Å². The first-order chi connectivity index (χ1) is 9.22. The van der Waals surface area contributed by atoms with Crippen LogP contribution >= 0.6 is 0 Å². The van der Waals surface area contributed by atoms with Crippen LogP contribution in [0.3, 0.4) is 0 Å². The van der Waals surface area contributed by atoms with E-state index in [0.717, 1.165) is 19.9 Å². The average molecular weight is 283 g/mol. The fourth-order valence-corrected chi connectivity index (χ4v) is 1.33. The fourth-order valence-electron chi connectivity index (χ4n) is 1.33. The summed E-state index contributed by atoms with van der Waals surface area (Å²) in [7, 11) is 0. The highest BCUT2D eigenvalue weighted by Crippen LogP contribution is 2.36. The van der Waals surface area contributed by atoms with E-state index in [4.69, 9.17) is 5.11 Å². The highest BCUT2D eigenvalue weighted by Gasteiger charge is 2.25. The third-order valence-electron chi connectivity index (χ3n) is 1.98. The predicted molar refractivity (Wildman–Crippen MR) is 62.7 cm³/mol. The van der Waals surface area contributed by atoms with Crippen LogP contribution < -0.4 is 9.47 Å². The molecule has 0 aromatic heterocycles. The second kappa shape index (κ2) is 5.78. The SMILES string of the molecule is CC(=O)Oc1cc([N+](=O)[O-])cc(C(=O)O)c1OC(C)=O. The number of nitrogens with zero attached hydrogens (tertiary/aromatic N) is 1. The minimum Gasteiger partial charge on any atom is -0.478 e. The van der Waals surface area contributed by atoms with Crippen molar-refractivity contribution in [1.82, 2.24) is 0 Å². The summed E-state index contributed by atoms with van der Waals surface area (Å²) >= 11 is 0. The third kappa shape index (κ3) is 3.51. The molecule has 20 heavy (non-hydrogen) atoms. The summed E-state index contributed by atoms with van der Waals surface area (Å²) in [4.78, 5) is 42.8. The molecule has 1 rings (SSSR count). The number of hydrogen-bond donors (Lipinski definition) is 1. The molecule has 0 amide bonds. The molecule has 9 heteroatoms. The molecule has 0 saturated carbocycles. The number of carboxylic acid groups (broad SMARTS) is 1. The molecule has 0 heterocycles. The Morgan fingerprint density at radius 3 is 2.10 bits per heavy atom. The monoisotopic (exact) mass is 283 g/mol. The van der Waals surface area contributed by atoms with E-state index < -0.39 is 45.6 Å². The van der Waals surface area contributed by atoms with Gasteiger partial charge in [0, 0.05) is 19.9 Å². The van der Waals surface area contributed by atoms with Gasteiger partial charge in [-0.1, -0.05) is 0 Å². The number of hydrogen-bond acceptors (Lipinski definition) is 7. The van der Waals surface area contributed by atoms with Crippen molar-refractivity contribution in [2.75, 3.05) is 0 Å². The molecule has 0 bridgehead atoms. The topological polar surface area (TPSA) is 133 Å². The first-order valence-corrected chi connectivity index (χ1v) is 5.15. The number of nitro groups is 1. The molecular formula is C11H9NO8. The number of rotatable bonds is 4. The van der Waals surface area contributed by atoms with E-state index in [1.807, 2.05) is 0 Å².